The summed E-state index contributed by atoms with van der Waals surface area (Å²) >= 11 is 0. The van der Waals surface area contributed by atoms with Crippen molar-refractivity contribution in [3.8, 4) is 0 Å². The third kappa shape index (κ3) is 3.35. The molecule has 1 aliphatic carbocycles. The highest BCUT2D eigenvalue weighted by atomic mass is 16.1. The van der Waals surface area contributed by atoms with Crippen LogP contribution in [0.25, 0.3) is 0 Å². The van der Waals surface area contributed by atoms with E-state index in [0.29, 0.717) is 12.6 Å². The normalized spacial score (nSPS) is 29.2. The molecule has 0 heterocycles. The smallest absolute Gasteiger partial charge is 0.231 e. The van der Waals surface area contributed by atoms with E-state index in [1.54, 1.807) is 0 Å². The van der Waals surface area contributed by atoms with E-state index >= 15 is 0 Å². The number of rotatable bonds is 3. The third-order valence-corrected chi connectivity index (χ3v) is 2.94. The number of likely N-dealkylation sites (N-methyl/N-ethyl adjacent to an activating group) is 1. The molecule has 0 bridgehead atoms. The Balaban J connectivity index is 2.36. The lowest BCUT2D eigenvalue weighted by Gasteiger charge is -2.33. The number of nitrogens with zero attached hydrogens (tertiary/aromatic N) is 1. The summed E-state index contributed by atoms with van der Waals surface area (Å²) in [5.41, 5.74) is 5.15. The Hall–Kier alpha value is -0.570. The van der Waals surface area contributed by atoms with Crippen LogP contribution in [-0.2, 0) is 4.79 Å². The summed E-state index contributed by atoms with van der Waals surface area (Å²) in [6.45, 7) is 2.68. The number of hydrogen-bond donors (Lipinski definition) is 1. The molecule has 0 aromatic heterocycles. The highest BCUT2D eigenvalue weighted by Crippen LogP contribution is 2.26. The van der Waals surface area contributed by atoms with Crippen LogP contribution in [0.4, 0.5) is 0 Å². The van der Waals surface area contributed by atoms with E-state index in [0.717, 1.165) is 5.92 Å². The van der Waals surface area contributed by atoms with Gasteiger partial charge in [0, 0.05) is 6.04 Å². The van der Waals surface area contributed by atoms with Crippen molar-refractivity contribution in [2.24, 2.45) is 11.7 Å². The molecule has 1 fully saturated rings. The molecule has 3 nitrogen and oxygen atoms in total. The molecule has 13 heavy (non-hydrogen) atoms. The zero-order valence-corrected chi connectivity index (χ0v) is 8.62. The Morgan fingerprint density at radius 1 is 1.54 bits per heavy atom. The molecule has 0 aromatic carbocycles. The zero-order valence-electron chi connectivity index (χ0n) is 8.62. The van der Waals surface area contributed by atoms with Gasteiger partial charge in [0.1, 0.15) is 0 Å². The first-order valence-electron chi connectivity index (χ1n) is 5.08. The molecule has 0 aromatic rings. The summed E-state index contributed by atoms with van der Waals surface area (Å²) in [4.78, 5) is 12.8. The second kappa shape index (κ2) is 4.61. The lowest BCUT2D eigenvalue weighted by Crippen LogP contribution is -2.40. The van der Waals surface area contributed by atoms with Crippen molar-refractivity contribution >= 4 is 5.91 Å². The fourth-order valence-electron chi connectivity index (χ4n) is 2.18. The van der Waals surface area contributed by atoms with Gasteiger partial charge in [-0.15, -0.1) is 0 Å². The number of primary amides is 1. The highest BCUT2D eigenvalue weighted by Gasteiger charge is 2.22. The first kappa shape index (κ1) is 10.5. The minimum absolute atomic E-state index is 0.222. The number of hydrogen-bond acceptors (Lipinski definition) is 2. The van der Waals surface area contributed by atoms with Crippen LogP contribution in [0, 0.1) is 5.92 Å². The minimum Gasteiger partial charge on any atom is -0.369 e. The Labute approximate surface area is 80.3 Å². The summed E-state index contributed by atoms with van der Waals surface area (Å²) in [5.74, 6) is 0.579. The van der Waals surface area contributed by atoms with Crippen LogP contribution in [0.3, 0.4) is 0 Å². The first-order valence-corrected chi connectivity index (χ1v) is 5.08. The van der Waals surface area contributed by atoms with E-state index in [2.05, 4.69) is 11.8 Å². The van der Waals surface area contributed by atoms with Crippen LogP contribution >= 0.6 is 0 Å². The molecule has 2 atom stereocenters. The SMILES string of the molecule is CC1CCCC(N(C)CC(N)=O)C1. The molecule has 1 aliphatic rings. The largest absolute Gasteiger partial charge is 0.369 e. The quantitative estimate of drug-likeness (QED) is 0.710. The van der Waals surface area contributed by atoms with Crippen LogP contribution in [0.1, 0.15) is 32.6 Å². The van der Waals surface area contributed by atoms with E-state index < -0.39 is 0 Å². The van der Waals surface area contributed by atoms with Crippen LogP contribution in [0.15, 0.2) is 0 Å². The van der Waals surface area contributed by atoms with Crippen LogP contribution in [-0.4, -0.2) is 30.4 Å². The number of carbonyl (C=O) groups excluding carboxylic acids is 1. The zero-order chi connectivity index (χ0) is 9.84. The van der Waals surface area contributed by atoms with Gasteiger partial charge in [-0.2, -0.15) is 0 Å². The second-order valence-electron chi connectivity index (χ2n) is 4.31. The van der Waals surface area contributed by atoms with Crippen molar-refractivity contribution in [1.29, 1.82) is 0 Å². The van der Waals surface area contributed by atoms with Crippen LogP contribution < -0.4 is 5.73 Å². The second-order valence-corrected chi connectivity index (χ2v) is 4.31. The fourth-order valence-corrected chi connectivity index (χ4v) is 2.18. The van der Waals surface area contributed by atoms with E-state index in [4.69, 9.17) is 5.73 Å². The van der Waals surface area contributed by atoms with Crippen molar-refractivity contribution in [2.75, 3.05) is 13.6 Å². The van der Waals surface area contributed by atoms with Gasteiger partial charge in [0.05, 0.1) is 6.54 Å². The predicted octanol–water partition coefficient (Wildman–Crippen LogP) is 0.982. The van der Waals surface area contributed by atoms with Gasteiger partial charge in [0.2, 0.25) is 5.91 Å². The maximum atomic E-state index is 10.7. The predicted molar refractivity (Wildman–Crippen MR) is 53.2 cm³/mol. The Bertz CT molecular complexity index is 182. The molecule has 0 spiro atoms. The molecule has 1 saturated carbocycles. The Morgan fingerprint density at radius 3 is 2.77 bits per heavy atom. The van der Waals surface area contributed by atoms with Crippen molar-refractivity contribution < 1.29 is 4.79 Å². The molecule has 2 N–H and O–H groups in total. The van der Waals surface area contributed by atoms with Gasteiger partial charge in [0.25, 0.3) is 0 Å². The molecule has 0 saturated heterocycles. The summed E-state index contributed by atoms with van der Waals surface area (Å²) < 4.78 is 0. The first-order chi connectivity index (χ1) is 6.09. The molecular weight excluding hydrogens is 164 g/mol. The van der Waals surface area contributed by atoms with Gasteiger partial charge in [-0.05, 0) is 25.8 Å². The van der Waals surface area contributed by atoms with Gasteiger partial charge < -0.3 is 5.73 Å². The van der Waals surface area contributed by atoms with Crippen molar-refractivity contribution in [3.05, 3.63) is 0 Å². The lowest BCUT2D eigenvalue weighted by molar-refractivity contribution is -0.119. The molecular formula is C10H20N2O. The van der Waals surface area contributed by atoms with Gasteiger partial charge in [-0.3, -0.25) is 9.69 Å². The van der Waals surface area contributed by atoms with Crippen molar-refractivity contribution in [1.82, 2.24) is 4.90 Å². The molecule has 3 heteroatoms. The monoisotopic (exact) mass is 184 g/mol. The van der Waals surface area contributed by atoms with E-state index in [1.807, 2.05) is 7.05 Å². The molecule has 1 amide bonds. The van der Waals surface area contributed by atoms with E-state index in [1.165, 1.54) is 25.7 Å². The van der Waals surface area contributed by atoms with Crippen molar-refractivity contribution in [3.63, 3.8) is 0 Å². The van der Waals surface area contributed by atoms with Gasteiger partial charge in [-0.25, -0.2) is 0 Å². The highest BCUT2D eigenvalue weighted by molar-refractivity contribution is 5.75. The summed E-state index contributed by atoms with van der Waals surface area (Å²) in [7, 11) is 1.99. The third-order valence-electron chi connectivity index (χ3n) is 2.94. The average Bonchev–Trinajstić information content (AvgIpc) is 2.03. The number of amides is 1. The molecule has 2 unspecified atom stereocenters. The molecule has 0 aliphatic heterocycles. The molecule has 0 radical (unpaired) electrons. The molecule has 76 valence electrons. The lowest BCUT2D eigenvalue weighted by atomic mass is 9.86. The maximum absolute atomic E-state index is 10.7. The Kier molecular flexibility index (Phi) is 3.72. The fraction of sp³-hybridized carbons (Fsp3) is 0.900. The summed E-state index contributed by atoms with van der Waals surface area (Å²) in [6.07, 6.45) is 5.05. The van der Waals surface area contributed by atoms with Crippen molar-refractivity contribution in [2.45, 2.75) is 38.6 Å². The standard InChI is InChI=1S/C10H20N2O/c1-8-4-3-5-9(6-8)12(2)7-10(11)13/h8-9H,3-7H2,1-2H3,(H2,11,13). The van der Waals surface area contributed by atoms with E-state index in [-0.39, 0.29) is 5.91 Å². The average molecular weight is 184 g/mol. The number of carbonyl (C=O) groups is 1. The van der Waals surface area contributed by atoms with Gasteiger partial charge in [-0.1, -0.05) is 19.8 Å². The topological polar surface area (TPSA) is 46.3 Å². The maximum Gasteiger partial charge on any atom is 0.231 e. The van der Waals surface area contributed by atoms with Crippen LogP contribution in [0.2, 0.25) is 0 Å². The van der Waals surface area contributed by atoms with Gasteiger partial charge >= 0.3 is 0 Å². The Morgan fingerprint density at radius 2 is 2.23 bits per heavy atom. The summed E-state index contributed by atoms with van der Waals surface area (Å²) in [5, 5.41) is 0. The van der Waals surface area contributed by atoms with E-state index in [9.17, 15) is 4.79 Å². The minimum atomic E-state index is -0.222. The van der Waals surface area contributed by atoms with Crippen LogP contribution in [0.5, 0.6) is 0 Å². The summed E-state index contributed by atoms with van der Waals surface area (Å²) in [6, 6.07) is 0.566. The number of nitrogens with two attached hydrogens (primary N) is 1. The molecule has 1 rings (SSSR count). The van der Waals surface area contributed by atoms with Gasteiger partial charge in [0.15, 0.2) is 0 Å².